The van der Waals surface area contributed by atoms with Gasteiger partial charge in [0.15, 0.2) is 0 Å². The number of pyridine rings is 1. The molecule has 2 heterocycles. The molecule has 0 radical (unpaired) electrons. The van der Waals surface area contributed by atoms with E-state index in [0.29, 0.717) is 12.2 Å². The summed E-state index contributed by atoms with van der Waals surface area (Å²) in [6.45, 7) is 3.29. The highest BCUT2D eigenvalue weighted by Crippen LogP contribution is 2.49. The van der Waals surface area contributed by atoms with Crippen LogP contribution in [0.3, 0.4) is 0 Å². The lowest BCUT2D eigenvalue weighted by Crippen LogP contribution is -2.40. The third-order valence-corrected chi connectivity index (χ3v) is 5.25. The molecule has 2 amide bonds. The quantitative estimate of drug-likeness (QED) is 0.905. The fourth-order valence-corrected chi connectivity index (χ4v) is 4.10. The van der Waals surface area contributed by atoms with Crippen LogP contribution in [0.1, 0.15) is 41.9 Å². The molecule has 1 N–H and O–H groups in total. The van der Waals surface area contributed by atoms with Crippen molar-refractivity contribution in [2.45, 2.75) is 32.6 Å². The number of likely N-dealkylation sites (tertiary alicyclic amines) is 1. The maximum absolute atomic E-state index is 12.6. The van der Waals surface area contributed by atoms with Crippen molar-refractivity contribution >= 4 is 11.8 Å². The van der Waals surface area contributed by atoms with Crippen LogP contribution in [-0.2, 0) is 4.79 Å². The normalized spacial score (nSPS) is 27.4. The third kappa shape index (κ3) is 2.49. The Balaban J connectivity index is 1.77. The third-order valence-electron chi connectivity index (χ3n) is 5.25. The van der Waals surface area contributed by atoms with E-state index in [1.54, 1.807) is 13.1 Å². The van der Waals surface area contributed by atoms with Crippen LogP contribution in [0.25, 0.3) is 0 Å². The first-order valence-corrected chi connectivity index (χ1v) is 8.00. The Bertz CT molecular complexity index is 601. The molecule has 1 aliphatic carbocycles. The van der Waals surface area contributed by atoms with Crippen molar-refractivity contribution in [1.29, 1.82) is 0 Å². The first-order chi connectivity index (χ1) is 10.6. The number of amides is 2. The number of carbonyl (C=O) groups is 2. The molecule has 0 unspecified atom stereocenters. The molecule has 22 heavy (non-hydrogen) atoms. The monoisotopic (exact) mass is 301 g/mol. The molecule has 118 valence electrons. The molecular weight excluding hydrogens is 278 g/mol. The summed E-state index contributed by atoms with van der Waals surface area (Å²) in [6, 6.07) is 5.52. The van der Waals surface area contributed by atoms with E-state index in [9.17, 15) is 9.59 Å². The number of nitrogens with zero attached hydrogens (tertiary/aromatic N) is 2. The minimum Gasteiger partial charge on any atom is -0.359 e. The second kappa shape index (κ2) is 5.71. The van der Waals surface area contributed by atoms with E-state index in [0.717, 1.165) is 37.9 Å². The van der Waals surface area contributed by atoms with E-state index in [1.807, 2.05) is 24.0 Å². The van der Waals surface area contributed by atoms with Gasteiger partial charge in [0.05, 0.1) is 0 Å². The molecule has 1 aromatic rings. The Morgan fingerprint density at radius 3 is 2.91 bits per heavy atom. The van der Waals surface area contributed by atoms with Crippen LogP contribution >= 0.6 is 0 Å². The van der Waals surface area contributed by atoms with Gasteiger partial charge in [0, 0.05) is 37.2 Å². The molecule has 0 bridgehead atoms. The fourth-order valence-electron chi connectivity index (χ4n) is 4.10. The van der Waals surface area contributed by atoms with Crippen LogP contribution in [0.2, 0.25) is 0 Å². The minimum atomic E-state index is -0.0282. The molecule has 1 aliphatic heterocycles. The number of aromatic nitrogens is 1. The van der Waals surface area contributed by atoms with Gasteiger partial charge in [-0.3, -0.25) is 9.59 Å². The van der Waals surface area contributed by atoms with Crippen LogP contribution in [0.4, 0.5) is 0 Å². The predicted molar refractivity (Wildman–Crippen MR) is 83.3 cm³/mol. The van der Waals surface area contributed by atoms with Crippen LogP contribution in [-0.4, -0.2) is 41.8 Å². The number of aryl methyl sites for hydroxylation is 1. The van der Waals surface area contributed by atoms with Crippen molar-refractivity contribution in [3.05, 3.63) is 29.6 Å². The molecule has 1 spiro atoms. The summed E-state index contributed by atoms with van der Waals surface area (Å²) in [7, 11) is 1.70. The summed E-state index contributed by atoms with van der Waals surface area (Å²) >= 11 is 0. The summed E-state index contributed by atoms with van der Waals surface area (Å²) in [5, 5.41) is 2.79. The van der Waals surface area contributed by atoms with Gasteiger partial charge in [-0.2, -0.15) is 0 Å². The molecular formula is C17H23N3O2. The van der Waals surface area contributed by atoms with Crippen LogP contribution in [0.15, 0.2) is 18.2 Å². The molecule has 5 nitrogen and oxygen atoms in total. The Hall–Kier alpha value is -1.91. The maximum atomic E-state index is 12.6. The van der Waals surface area contributed by atoms with Crippen LogP contribution < -0.4 is 5.32 Å². The van der Waals surface area contributed by atoms with E-state index < -0.39 is 0 Å². The van der Waals surface area contributed by atoms with Gasteiger partial charge in [-0.15, -0.1) is 0 Å². The van der Waals surface area contributed by atoms with Gasteiger partial charge >= 0.3 is 0 Å². The van der Waals surface area contributed by atoms with Crippen LogP contribution in [0, 0.1) is 18.3 Å². The number of hydrogen-bond acceptors (Lipinski definition) is 3. The fraction of sp³-hybridized carbons (Fsp3) is 0.588. The highest BCUT2D eigenvalue weighted by Gasteiger charge is 2.51. The van der Waals surface area contributed by atoms with E-state index in [2.05, 4.69) is 10.3 Å². The summed E-state index contributed by atoms with van der Waals surface area (Å²) in [6.07, 6.45) is 3.96. The van der Waals surface area contributed by atoms with E-state index in [-0.39, 0.29) is 23.1 Å². The number of nitrogens with one attached hydrogen (secondary N) is 1. The Labute approximate surface area is 131 Å². The second-order valence-electron chi connectivity index (χ2n) is 6.56. The molecule has 0 aromatic carbocycles. The van der Waals surface area contributed by atoms with Crippen molar-refractivity contribution in [2.24, 2.45) is 11.3 Å². The summed E-state index contributed by atoms with van der Waals surface area (Å²) in [4.78, 5) is 31.0. The lowest BCUT2D eigenvalue weighted by molar-refractivity contribution is -0.127. The van der Waals surface area contributed by atoms with Crippen molar-refractivity contribution in [2.75, 3.05) is 20.1 Å². The Morgan fingerprint density at radius 1 is 1.36 bits per heavy atom. The van der Waals surface area contributed by atoms with Gasteiger partial charge in [-0.25, -0.2) is 4.98 Å². The highest BCUT2D eigenvalue weighted by atomic mass is 16.2. The van der Waals surface area contributed by atoms with E-state index in [1.165, 1.54) is 0 Å². The lowest BCUT2D eigenvalue weighted by Gasteiger charge is -2.30. The van der Waals surface area contributed by atoms with E-state index in [4.69, 9.17) is 0 Å². The molecule has 2 atom stereocenters. The van der Waals surface area contributed by atoms with Crippen LogP contribution in [0.5, 0.6) is 0 Å². The van der Waals surface area contributed by atoms with Crippen molar-refractivity contribution < 1.29 is 9.59 Å². The zero-order valence-corrected chi connectivity index (χ0v) is 13.3. The van der Waals surface area contributed by atoms with Gasteiger partial charge in [-0.05, 0) is 38.3 Å². The van der Waals surface area contributed by atoms with Gasteiger partial charge < -0.3 is 10.2 Å². The number of hydrogen-bond donors (Lipinski definition) is 1. The van der Waals surface area contributed by atoms with Gasteiger partial charge in [0.25, 0.3) is 5.91 Å². The van der Waals surface area contributed by atoms with Crippen molar-refractivity contribution in [1.82, 2.24) is 15.2 Å². The Morgan fingerprint density at radius 2 is 2.18 bits per heavy atom. The molecule has 3 rings (SSSR count). The first kappa shape index (κ1) is 15.0. The first-order valence-electron chi connectivity index (χ1n) is 8.00. The van der Waals surface area contributed by atoms with Gasteiger partial charge in [0.1, 0.15) is 5.69 Å². The SMILES string of the molecule is CNC(=O)[C@@H]1CCC[C@]12CCN(C(=O)c1cccc(C)n1)C2. The summed E-state index contributed by atoms with van der Waals surface area (Å²) in [5.41, 5.74) is 1.33. The zero-order chi connectivity index (χ0) is 15.7. The smallest absolute Gasteiger partial charge is 0.272 e. The molecule has 5 heteroatoms. The molecule has 2 aliphatic rings. The highest BCUT2D eigenvalue weighted by molar-refractivity contribution is 5.92. The predicted octanol–water partition coefficient (Wildman–Crippen LogP) is 1.77. The van der Waals surface area contributed by atoms with Crippen molar-refractivity contribution in [3.63, 3.8) is 0 Å². The number of carbonyl (C=O) groups excluding carboxylic acids is 2. The minimum absolute atomic E-state index is 0.0110. The average Bonchev–Trinajstić information content (AvgIpc) is 3.13. The topological polar surface area (TPSA) is 62.3 Å². The standard InChI is InChI=1S/C17H23N3O2/c1-12-5-3-7-14(19-12)16(22)20-10-9-17(11-20)8-4-6-13(17)15(21)18-2/h3,5,7,13H,4,6,8-11H2,1-2H3,(H,18,21)/t13-,17+/m0/s1. The Kier molecular flexibility index (Phi) is 3.89. The largest absolute Gasteiger partial charge is 0.359 e. The zero-order valence-electron chi connectivity index (χ0n) is 13.3. The summed E-state index contributed by atoms with van der Waals surface area (Å²) in [5.74, 6) is 0.157. The molecule has 1 saturated carbocycles. The van der Waals surface area contributed by atoms with Crippen molar-refractivity contribution in [3.8, 4) is 0 Å². The number of rotatable bonds is 2. The molecule has 2 fully saturated rings. The van der Waals surface area contributed by atoms with Gasteiger partial charge in [-0.1, -0.05) is 12.5 Å². The van der Waals surface area contributed by atoms with E-state index >= 15 is 0 Å². The molecule has 1 aromatic heterocycles. The maximum Gasteiger partial charge on any atom is 0.272 e. The second-order valence-corrected chi connectivity index (χ2v) is 6.56. The van der Waals surface area contributed by atoms with Gasteiger partial charge in [0.2, 0.25) is 5.91 Å². The summed E-state index contributed by atoms with van der Waals surface area (Å²) < 4.78 is 0. The molecule has 1 saturated heterocycles. The average molecular weight is 301 g/mol. The lowest BCUT2D eigenvalue weighted by atomic mass is 9.76.